The van der Waals surface area contributed by atoms with Gasteiger partial charge in [-0.3, -0.25) is 4.90 Å². The van der Waals surface area contributed by atoms with Crippen molar-refractivity contribution in [3.63, 3.8) is 0 Å². The minimum absolute atomic E-state index is 0.0765. The van der Waals surface area contributed by atoms with Crippen LogP contribution in [0.5, 0.6) is 0 Å². The fourth-order valence-corrected chi connectivity index (χ4v) is 3.05. The highest BCUT2D eigenvalue weighted by atomic mass is 35.5. The van der Waals surface area contributed by atoms with Gasteiger partial charge in [-0.25, -0.2) is 4.39 Å². The molecule has 20 heavy (non-hydrogen) atoms. The molecule has 2 nitrogen and oxygen atoms in total. The summed E-state index contributed by atoms with van der Waals surface area (Å²) in [7, 11) is 0. The topological polar surface area (TPSA) is 15.3 Å². The summed E-state index contributed by atoms with van der Waals surface area (Å²) in [5.41, 5.74) is 0.806. The van der Waals surface area contributed by atoms with Gasteiger partial charge in [0, 0.05) is 41.8 Å². The summed E-state index contributed by atoms with van der Waals surface area (Å²) in [5.74, 6) is -0.205. The first-order chi connectivity index (χ1) is 9.41. The van der Waals surface area contributed by atoms with Gasteiger partial charge in [0.15, 0.2) is 0 Å². The average Bonchev–Trinajstić information content (AvgIpc) is 2.36. The van der Waals surface area contributed by atoms with Crippen molar-refractivity contribution < 1.29 is 4.39 Å². The lowest BCUT2D eigenvalue weighted by Gasteiger charge is -2.44. The predicted octanol–water partition coefficient (Wildman–Crippen LogP) is 3.83. The number of benzene rings is 1. The molecular weight excluding hydrogens is 275 g/mol. The quantitative estimate of drug-likeness (QED) is 0.909. The number of piperazine rings is 1. The van der Waals surface area contributed by atoms with Crippen molar-refractivity contribution in [1.29, 1.82) is 0 Å². The third kappa shape index (κ3) is 3.94. The van der Waals surface area contributed by atoms with E-state index in [1.54, 1.807) is 12.1 Å². The molecule has 1 fully saturated rings. The van der Waals surface area contributed by atoms with Crippen LogP contribution >= 0.6 is 11.6 Å². The van der Waals surface area contributed by atoms with Gasteiger partial charge in [-0.05, 0) is 32.4 Å². The van der Waals surface area contributed by atoms with Crippen molar-refractivity contribution >= 4 is 11.6 Å². The molecule has 1 aromatic rings. The van der Waals surface area contributed by atoms with Crippen LogP contribution in [-0.4, -0.2) is 29.6 Å². The molecule has 1 N–H and O–H groups in total. The molecule has 1 aliphatic rings. The van der Waals surface area contributed by atoms with Crippen molar-refractivity contribution in [2.75, 3.05) is 13.1 Å². The molecule has 2 rings (SSSR count). The molecule has 1 aromatic carbocycles. The third-order valence-corrected chi connectivity index (χ3v) is 4.18. The molecule has 1 aliphatic heterocycles. The zero-order valence-electron chi connectivity index (χ0n) is 12.5. The zero-order valence-corrected chi connectivity index (χ0v) is 13.3. The molecule has 0 aliphatic carbocycles. The molecule has 4 heteroatoms. The first-order valence-electron chi connectivity index (χ1n) is 7.34. The Morgan fingerprint density at radius 2 is 2.20 bits per heavy atom. The molecule has 112 valence electrons. The van der Waals surface area contributed by atoms with Crippen LogP contribution in [0, 0.1) is 5.82 Å². The molecule has 1 saturated heterocycles. The Kier molecular flexibility index (Phi) is 5.05. The Bertz CT molecular complexity index is 462. The van der Waals surface area contributed by atoms with Gasteiger partial charge in [0.05, 0.1) is 0 Å². The largest absolute Gasteiger partial charge is 0.309 e. The Balaban J connectivity index is 2.14. The standard InChI is InChI=1S/C16H24ClFN2/c1-4-5-14-9-19-16(2,3)11-20(14)10-12-6-7-13(17)8-15(12)18/h6-8,14,19H,4-5,9-11H2,1-3H3. The maximum atomic E-state index is 14.0. The van der Waals surface area contributed by atoms with Crippen LogP contribution in [0.3, 0.4) is 0 Å². The van der Waals surface area contributed by atoms with Crippen LogP contribution in [0.2, 0.25) is 5.02 Å². The van der Waals surface area contributed by atoms with E-state index in [0.717, 1.165) is 31.5 Å². The zero-order chi connectivity index (χ0) is 14.8. The van der Waals surface area contributed by atoms with E-state index in [9.17, 15) is 4.39 Å². The monoisotopic (exact) mass is 298 g/mol. The molecule has 1 heterocycles. The maximum Gasteiger partial charge on any atom is 0.129 e. The molecule has 0 bridgehead atoms. The van der Waals surface area contributed by atoms with Crippen LogP contribution in [0.4, 0.5) is 4.39 Å². The summed E-state index contributed by atoms with van der Waals surface area (Å²) in [4.78, 5) is 2.40. The van der Waals surface area contributed by atoms with Crippen LogP contribution in [0.25, 0.3) is 0 Å². The molecule has 0 saturated carbocycles. The minimum Gasteiger partial charge on any atom is -0.309 e. The highest BCUT2D eigenvalue weighted by Crippen LogP contribution is 2.23. The van der Waals surface area contributed by atoms with Crippen molar-refractivity contribution in [3.05, 3.63) is 34.6 Å². The maximum absolute atomic E-state index is 14.0. The number of rotatable bonds is 4. The second-order valence-electron chi connectivity index (χ2n) is 6.35. The van der Waals surface area contributed by atoms with Gasteiger partial charge in [-0.15, -0.1) is 0 Å². The fraction of sp³-hybridized carbons (Fsp3) is 0.625. The lowest BCUT2D eigenvalue weighted by molar-refractivity contribution is 0.0816. The van der Waals surface area contributed by atoms with E-state index in [4.69, 9.17) is 11.6 Å². The van der Waals surface area contributed by atoms with Gasteiger partial charge < -0.3 is 5.32 Å². The van der Waals surface area contributed by atoms with Crippen molar-refractivity contribution in [3.8, 4) is 0 Å². The van der Waals surface area contributed by atoms with Crippen molar-refractivity contribution in [2.24, 2.45) is 0 Å². The predicted molar refractivity (Wildman–Crippen MR) is 82.6 cm³/mol. The van der Waals surface area contributed by atoms with E-state index in [2.05, 4.69) is 31.0 Å². The first kappa shape index (κ1) is 15.7. The minimum atomic E-state index is -0.205. The number of nitrogens with one attached hydrogen (secondary N) is 1. The number of halogens is 2. The first-order valence-corrected chi connectivity index (χ1v) is 7.72. The molecule has 0 aromatic heterocycles. The van der Waals surface area contributed by atoms with E-state index in [-0.39, 0.29) is 11.4 Å². The molecular formula is C16H24ClFN2. The smallest absolute Gasteiger partial charge is 0.129 e. The second kappa shape index (κ2) is 6.42. The van der Waals surface area contributed by atoms with Gasteiger partial charge in [0.25, 0.3) is 0 Å². The summed E-state index contributed by atoms with van der Waals surface area (Å²) >= 11 is 5.82. The molecule has 0 spiro atoms. The van der Waals surface area contributed by atoms with Crippen LogP contribution in [0.1, 0.15) is 39.2 Å². The Hall–Kier alpha value is -0.640. The molecule has 0 amide bonds. The SMILES string of the molecule is CCCC1CNC(C)(C)CN1Cc1ccc(Cl)cc1F. The Labute approximate surface area is 126 Å². The molecule has 0 radical (unpaired) electrons. The number of nitrogens with zero attached hydrogens (tertiary/aromatic N) is 1. The summed E-state index contributed by atoms with van der Waals surface area (Å²) in [5, 5.41) is 4.03. The lowest BCUT2D eigenvalue weighted by atomic mass is 9.96. The highest BCUT2D eigenvalue weighted by molar-refractivity contribution is 6.30. The second-order valence-corrected chi connectivity index (χ2v) is 6.78. The van der Waals surface area contributed by atoms with E-state index in [1.165, 1.54) is 6.07 Å². The van der Waals surface area contributed by atoms with E-state index in [1.807, 2.05) is 0 Å². The number of hydrogen-bond acceptors (Lipinski definition) is 2. The summed E-state index contributed by atoms with van der Waals surface area (Å²) in [6, 6.07) is 5.44. The van der Waals surface area contributed by atoms with Gasteiger partial charge in [0.2, 0.25) is 0 Å². The highest BCUT2D eigenvalue weighted by Gasteiger charge is 2.32. The summed E-state index contributed by atoms with van der Waals surface area (Å²) < 4.78 is 14.0. The van der Waals surface area contributed by atoms with Gasteiger partial charge in [-0.2, -0.15) is 0 Å². The van der Waals surface area contributed by atoms with Gasteiger partial charge >= 0.3 is 0 Å². The van der Waals surface area contributed by atoms with E-state index in [0.29, 0.717) is 17.6 Å². The Morgan fingerprint density at radius 1 is 1.45 bits per heavy atom. The summed E-state index contributed by atoms with van der Waals surface area (Å²) in [6.45, 7) is 9.14. The van der Waals surface area contributed by atoms with Gasteiger partial charge in [-0.1, -0.05) is 31.0 Å². The van der Waals surface area contributed by atoms with E-state index >= 15 is 0 Å². The number of hydrogen-bond donors (Lipinski definition) is 1. The normalized spacial score (nSPS) is 22.9. The molecule has 1 unspecified atom stereocenters. The average molecular weight is 299 g/mol. The van der Waals surface area contributed by atoms with Crippen LogP contribution in [-0.2, 0) is 6.54 Å². The fourth-order valence-electron chi connectivity index (χ4n) is 2.89. The lowest BCUT2D eigenvalue weighted by Crippen LogP contribution is -2.61. The van der Waals surface area contributed by atoms with E-state index < -0.39 is 0 Å². The van der Waals surface area contributed by atoms with Crippen LogP contribution in [0.15, 0.2) is 18.2 Å². The third-order valence-electron chi connectivity index (χ3n) is 3.94. The molecule has 1 atom stereocenters. The van der Waals surface area contributed by atoms with Crippen molar-refractivity contribution in [1.82, 2.24) is 10.2 Å². The van der Waals surface area contributed by atoms with Crippen molar-refractivity contribution in [2.45, 2.75) is 51.7 Å². The Morgan fingerprint density at radius 3 is 2.85 bits per heavy atom. The van der Waals surface area contributed by atoms with Crippen LogP contribution < -0.4 is 5.32 Å². The summed E-state index contributed by atoms with van der Waals surface area (Å²) in [6.07, 6.45) is 2.28. The van der Waals surface area contributed by atoms with Gasteiger partial charge in [0.1, 0.15) is 5.82 Å².